The molecule has 3 heteroatoms. The van der Waals surface area contributed by atoms with Gasteiger partial charge in [0.2, 0.25) is 0 Å². The maximum absolute atomic E-state index is 11.9. The predicted octanol–water partition coefficient (Wildman–Crippen LogP) is 3.16. The van der Waals surface area contributed by atoms with Crippen LogP contribution in [0.4, 0.5) is 0 Å². The Labute approximate surface area is 110 Å². The molecule has 2 aliphatic carbocycles. The summed E-state index contributed by atoms with van der Waals surface area (Å²) in [7, 11) is 0. The summed E-state index contributed by atoms with van der Waals surface area (Å²) in [6.07, 6.45) is 9.12. The van der Waals surface area contributed by atoms with Crippen LogP contribution in [0.2, 0.25) is 0 Å². The van der Waals surface area contributed by atoms with E-state index in [4.69, 9.17) is 10.5 Å². The fourth-order valence-corrected chi connectivity index (χ4v) is 3.26. The first-order chi connectivity index (χ1) is 8.39. The first-order valence-electron chi connectivity index (χ1n) is 7.37. The summed E-state index contributed by atoms with van der Waals surface area (Å²) in [5.74, 6) is -0.0795. The highest BCUT2D eigenvalue weighted by Crippen LogP contribution is 2.37. The van der Waals surface area contributed by atoms with Gasteiger partial charge < -0.3 is 10.5 Å². The lowest BCUT2D eigenvalue weighted by molar-refractivity contribution is -0.153. The molecule has 104 valence electrons. The van der Waals surface area contributed by atoms with E-state index in [1.165, 1.54) is 0 Å². The predicted molar refractivity (Wildman–Crippen MR) is 72.1 cm³/mol. The van der Waals surface area contributed by atoms with Gasteiger partial charge in [-0.1, -0.05) is 26.7 Å². The van der Waals surface area contributed by atoms with Crippen molar-refractivity contribution >= 4 is 5.97 Å². The molecule has 2 fully saturated rings. The molecule has 2 aliphatic rings. The molecule has 0 radical (unpaired) electrons. The standard InChI is InChI=1S/C15H27NO2/c1-14(2)9-5-12(6-10-14)18-13(17)11-15(16)7-3-4-8-15/h12H,3-11,16H2,1-2H3. The number of esters is 1. The van der Waals surface area contributed by atoms with E-state index in [0.717, 1.165) is 51.4 Å². The second-order valence-corrected chi connectivity index (χ2v) is 7.10. The summed E-state index contributed by atoms with van der Waals surface area (Å²) in [4.78, 5) is 11.9. The largest absolute Gasteiger partial charge is 0.462 e. The summed E-state index contributed by atoms with van der Waals surface area (Å²) < 4.78 is 5.59. The van der Waals surface area contributed by atoms with Crippen LogP contribution in [-0.4, -0.2) is 17.6 Å². The van der Waals surface area contributed by atoms with E-state index < -0.39 is 0 Å². The minimum atomic E-state index is -0.273. The second kappa shape index (κ2) is 5.20. The lowest BCUT2D eigenvalue weighted by Crippen LogP contribution is -2.40. The normalized spacial score (nSPS) is 27.1. The van der Waals surface area contributed by atoms with E-state index in [1.807, 2.05) is 0 Å². The summed E-state index contributed by atoms with van der Waals surface area (Å²) in [6, 6.07) is 0. The molecule has 2 rings (SSSR count). The number of ether oxygens (including phenoxy) is 1. The Morgan fingerprint density at radius 2 is 1.72 bits per heavy atom. The fraction of sp³-hybridized carbons (Fsp3) is 0.933. The molecule has 0 aromatic heterocycles. The number of rotatable bonds is 3. The third kappa shape index (κ3) is 3.71. The van der Waals surface area contributed by atoms with Gasteiger partial charge in [0, 0.05) is 5.54 Å². The molecule has 0 bridgehead atoms. The SMILES string of the molecule is CC1(C)CCC(OC(=O)CC2(N)CCCC2)CC1. The Kier molecular flexibility index (Phi) is 4.00. The Balaban J connectivity index is 1.75. The van der Waals surface area contributed by atoms with Crippen molar-refractivity contribution in [3.63, 3.8) is 0 Å². The zero-order valence-electron chi connectivity index (χ0n) is 11.8. The third-order valence-electron chi connectivity index (χ3n) is 4.68. The van der Waals surface area contributed by atoms with Crippen molar-refractivity contribution in [3.05, 3.63) is 0 Å². The van der Waals surface area contributed by atoms with Gasteiger partial charge in [0.05, 0.1) is 6.42 Å². The summed E-state index contributed by atoms with van der Waals surface area (Å²) >= 11 is 0. The van der Waals surface area contributed by atoms with Crippen LogP contribution in [-0.2, 0) is 9.53 Å². The highest BCUT2D eigenvalue weighted by atomic mass is 16.5. The van der Waals surface area contributed by atoms with Gasteiger partial charge in [-0.2, -0.15) is 0 Å². The van der Waals surface area contributed by atoms with Crippen LogP contribution < -0.4 is 5.73 Å². The maximum atomic E-state index is 11.9. The average Bonchev–Trinajstić information content (AvgIpc) is 2.68. The lowest BCUT2D eigenvalue weighted by atomic mass is 9.76. The van der Waals surface area contributed by atoms with Crippen LogP contribution in [0.1, 0.15) is 71.6 Å². The first kappa shape index (κ1) is 13.9. The number of hydrogen-bond donors (Lipinski definition) is 1. The molecule has 18 heavy (non-hydrogen) atoms. The van der Waals surface area contributed by atoms with E-state index in [0.29, 0.717) is 11.8 Å². The zero-order chi connectivity index (χ0) is 13.2. The molecule has 2 N–H and O–H groups in total. The molecule has 0 heterocycles. The second-order valence-electron chi connectivity index (χ2n) is 7.10. The number of hydrogen-bond acceptors (Lipinski definition) is 3. The Morgan fingerprint density at radius 1 is 1.17 bits per heavy atom. The number of carbonyl (C=O) groups excluding carboxylic acids is 1. The van der Waals surface area contributed by atoms with Gasteiger partial charge in [-0.25, -0.2) is 0 Å². The van der Waals surface area contributed by atoms with E-state index in [9.17, 15) is 4.79 Å². The van der Waals surface area contributed by atoms with E-state index in [-0.39, 0.29) is 17.6 Å². The van der Waals surface area contributed by atoms with Crippen LogP contribution in [0, 0.1) is 5.41 Å². The van der Waals surface area contributed by atoms with Crippen molar-refractivity contribution in [2.75, 3.05) is 0 Å². The number of carbonyl (C=O) groups is 1. The van der Waals surface area contributed by atoms with Crippen LogP contribution in [0.25, 0.3) is 0 Å². The maximum Gasteiger partial charge on any atom is 0.307 e. The number of nitrogens with two attached hydrogens (primary N) is 1. The van der Waals surface area contributed by atoms with E-state index in [2.05, 4.69) is 13.8 Å². The Hall–Kier alpha value is -0.570. The van der Waals surface area contributed by atoms with Crippen LogP contribution >= 0.6 is 0 Å². The smallest absolute Gasteiger partial charge is 0.307 e. The van der Waals surface area contributed by atoms with Crippen molar-refractivity contribution < 1.29 is 9.53 Å². The van der Waals surface area contributed by atoms with Crippen molar-refractivity contribution in [3.8, 4) is 0 Å². The van der Waals surface area contributed by atoms with Crippen LogP contribution in [0.3, 0.4) is 0 Å². The molecule has 0 aliphatic heterocycles. The highest BCUT2D eigenvalue weighted by molar-refractivity contribution is 5.71. The van der Waals surface area contributed by atoms with Gasteiger partial charge in [-0.05, 0) is 43.9 Å². The van der Waals surface area contributed by atoms with Gasteiger partial charge in [0.1, 0.15) is 6.10 Å². The molecular formula is C15H27NO2. The minimum Gasteiger partial charge on any atom is -0.462 e. The summed E-state index contributed by atoms with van der Waals surface area (Å²) in [6.45, 7) is 4.58. The van der Waals surface area contributed by atoms with Gasteiger partial charge in [0.15, 0.2) is 0 Å². The third-order valence-corrected chi connectivity index (χ3v) is 4.68. The van der Waals surface area contributed by atoms with Gasteiger partial charge in [-0.15, -0.1) is 0 Å². The van der Waals surface area contributed by atoms with Gasteiger partial charge in [0.25, 0.3) is 0 Å². The molecule has 0 amide bonds. The molecular weight excluding hydrogens is 226 g/mol. The van der Waals surface area contributed by atoms with Gasteiger partial charge in [-0.3, -0.25) is 4.79 Å². The zero-order valence-corrected chi connectivity index (χ0v) is 11.8. The first-order valence-corrected chi connectivity index (χ1v) is 7.37. The molecule has 0 atom stereocenters. The monoisotopic (exact) mass is 253 g/mol. The summed E-state index contributed by atoms with van der Waals surface area (Å²) in [5, 5.41) is 0. The minimum absolute atomic E-state index is 0.0795. The molecule has 0 aromatic rings. The molecule has 3 nitrogen and oxygen atoms in total. The molecule has 2 saturated carbocycles. The highest BCUT2D eigenvalue weighted by Gasteiger charge is 2.34. The van der Waals surface area contributed by atoms with E-state index >= 15 is 0 Å². The van der Waals surface area contributed by atoms with E-state index in [1.54, 1.807) is 0 Å². The van der Waals surface area contributed by atoms with Gasteiger partial charge >= 0.3 is 5.97 Å². The molecule has 0 aromatic carbocycles. The van der Waals surface area contributed by atoms with Crippen molar-refractivity contribution in [1.82, 2.24) is 0 Å². The molecule has 0 unspecified atom stereocenters. The fourth-order valence-electron chi connectivity index (χ4n) is 3.26. The van der Waals surface area contributed by atoms with Crippen LogP contribution in [0.5, 0.6) is 0 Å². The van der Waals surface area contributed by atoms with Crippen molar-refractivity contribution in [1.29, 1.82) is 0 Å². The van der Waals surface area contributed by atoms with Crippen molar-refractivity contribution in [2.45, 2.75) is 83.3 Å². The Bertz CT molecular complexity index is 296. The van der Waals surface area contributed by atoms with Crippen LogP contribution in [0.15, 0.2) is 0 Å². The lowest BCUT2D eigenvalue weighted by Gasteiger charge is -2.34. The summed E-state index contributed by atoms with van der Waals surface area (Å²) in [5.41, 5.74) is 6.35. The Morgan fingerprint density at radius 3 is 2.28 bits per heavy atom. The average molecular weight is 253 g/mol. The molecule has 0 saturated heterocycles. The molecule has 0 spiro atoms. The topological polar surface area (TPSA) is 52.3 Å². The van der Waals surface area contributed by atoms with Crippen molar-refractivity contribution in [2.24, 2.45) is 11.1 Å². The quantitative estimate of drug-likeness (QED) is 0.786.